The van der Waals surface area contributed by atoms with E-state index < -0.39 is 6.61 Å². The molecule has 2 N–H and O–H groups in total. The van der Waals surface area contributed by atoms with Crippen molar-refractivity contribution in [3.63, 3.8) is 0 Å². The summed E-state index contributed by atoms with van der Waals surface area (Å²) in [6.45, 7) is 1.72. The predicted molar refractivity (Wildman–Crippen MR) is 103 cm³/mol. The van der Waals surface area contributed by atoms with E-state index in [1.807, 2.05) is 13.8 Å². The number of aliphatic imine (C=N–C) groups is 1. The van der Waals surface area contributed by atoms with Crippen molar-refractivity contribution in [2.24, 2.45) is 4.99 Å². The topological polar surface area (TPSA) is 54.9 Å². The lowest BCUT2D eigenvalue weighted by Crippen LogP contribution is -2.45. The van der Waals surface area contributed by atoms with E-state index in [2.05, 4.69) is 20.4 Å². The molecule has 0 aromatic heterocycles. The average Bonchev–Trinajstić information content (AvgIpc) is 2.49. The van der Waals surface area contributed by atoms with Crippen molar-refractivity contribution >= 4 is 41.5 Å². The summed E-state index contributed by atoms with van der Waals surface area (Å²) < 4.78 is 34.7. The van der Waals surface area contributed by atoms with Gasteiger partial charge in [-0.2, -0.15) is 8.78 Å². The normalized spacial score (nSPS) is 11.9. The molecule has 0 heterocycles. The summed E-state index contributed by atoms with van der Waals surface area (Å²) >= 11 is 5.91. The van der Waals surface area contributed by atoms with Crippen molar-refractivity contribution in [1.29, 1.82) is 0 Å². The second-order valence-electron chi connectivity index (χ2n) is 5.37. The molecule has 0 radical (unpaired) electrons. The van der Waals surface area contributed by atoms with Crippen LogP contribution >= 0.6 is 35.6 Å². The van der Waals surface area contributed by atoms with Crippen LogP contribution in [0.15, 0.2) is 23.2 Å². The lowest BCUT2D eigenvalue weighted by Gasteiger charge is -2.24. The Balaban J connectivity index is 0.00000529. The van der Waals surface area contributed by atoms with Crippen molar-refractivity contribution in [2.45, 2.75) is 32.6 Å². The summed E-state index contributed by atoms with van der Waals surface area (Å²) in [6, 6.07) is 4.48. The van der Waals surface area contributed by atoms with E-state index in [0.717, 1.165) is 0 Å². The highest BCUT2D eigenvalue weighted by atomic mass is 127. The van der Waals surface area contributed by atoms with Crippen LogP contribution in [0.2, 0.25) is 5.02 Å². The number of benzene rings is 1. The van der Waals surface area contributed by atoms with E-state index >= 15 is 0 Å². The number of methoxy groups -OCH3 is 1. The average molecular weight is 478 g/mol. The molecule has 0 saturated carbocycles. The fourth-order valence-electron chi connectivity index (χ4n) is 1.67. The number of nitrogens with one attached hydrogen (secondary N) is 2. The van der Waals surface area contributed by atoms with Gasteiger partial charge in [-0.15, -0.1) is 24.0 Å². The molecule has 0 aliphatic heterocycles. The van der Waals surface area contributed by atoms with Crippen LogP contribution < -0.4 is 15.4 Å². The lowest BCUT2D eigenvalue weighted by atomic mass is 10.1. The van der Waals surface area contributed by atoms with Gasteiger partial charge in [0.1, 0.15) is 5.75 Å². The molecule has 0 fully saturated rings. The van der Waals surface area contributed by atoms with Gasteiger partial charge in [0, 0.05) is 37.8 Å². The van der Waals surface area contributed by atoms with Crippen LogP contribution in [0.3, 0.4) is 0 Å². The maximum atomic E-state index is 12.4. The van der Waals surface area contributed by atoms with Gasteiger partial charge in [-0.3, -0.25) is 4.99 Å². The molecule has 138 valence electrons. The summed E-state index contributed by atoms with van der Waals surface area (Å²) in [6.07, 6.45) is 0. The molecule has 1 rings (SSSR count). The highest BCUT2D eigenvalue weighted by molar-refractivity contribution is 14.0. The van der Waals surface area contributed by atoms with Crippen LogP contribution in [-0.2, 0) is 11.3 Å². The predicted octanol–water partition coefficient (Wildman–Crippen LogP) is 3.65. The second-order valence-corrected chi connectivity index (χ2v) is 5.81. The minimum atomic E-state index is -2.89. The SMILES string of the molecule is CN=C(NCc1cc(Cl)ccc1OC(F)F)NCC(C)(C)OC.I. The van der Waals surface area contributed by atoms with Crippen molar-refractivity contribution in [3.8, 4) is 5.75 Å². The van der Waals surface area contributed by atoms with Gasteiger partial charge in [0.05, 0.1) is 5.60 Å². The first-order valence-electron chi connectivity index (χ1n) is 7.00. The Morgan fingerprint density at radius 2 is 2.00 bits per heavy atom. The third-order valence-corrected chi connectivity index (χ3v) is 3.38. The molecular formula is C15H23ClF2IN3O2. The van der Waals surface area contributed by atoms with Crippen LogP contribution in [0, 0.1) is 0 Å². The highest BCUT2D eigenvalue weighted by Gasteiger charge is 2.17. The Morgan fingerprint density at radius 1 is 1.33 bits per heavy atom. The summed E-state index contributed by atoms with van der Waals surface area (Å²) in [7, 11) is 3.24. The van der Waals surface area contributed by atoms with E-state index in [1.54, 1.807) is 20.2 Å². The van der Waals surface area contributed by atoms with Crippen LogP contribution in [-0.4, -0.2) is 38.9 Å². The molecule has 0 unspecified atom stereocenters. The van der Waals surface area contributed by atoms with Crippen molar-refractivity contribution in [3.05, 3.63) is 28.8 Å². The Kier molecular flexibility index (Phi) is 10.5. The molecule has 1 aromatic carbocycles. The molecule has 0 saturated heterocycles. The number of halogens is 4. The largest absolute Gasteiger partial charge is 0.434 e. The molecule has 0 aliphatic carbocycles. The Bertz CT molecular complexity index is 545. The van der Waals surface area contributed by atoms with E-state index in [-0.39, 0.29) is 41.9 Å². The van der Waals surface area contributed by atoms with E-state index in [4.69, 9.17) is 16.3 Å². The van der Waals surface area contributed by atoms with Crippen molar-refractivity contribution in [1.82, 2.24) is 10.6 Å². The Labute approximate surface area is 163 Å². The first-order valence-corrected chi connectivity index (χ1v) is 7.38. The fraction of sp³-hybridized carbons (Fsp3) is 0.533. The summed E-state index contributed by atoms with van der Waals surface area (Å²) in [5, 5.41) is 6.56. The molecule has 9 heteroatoms. The Hall–Kier alpha value is -0.870. The third kappa shape index (κ3) is 8.29. The van der Waals surface area contributed by atoms with E-state index in [0.29, 0.717) is 23.1 Å². The number of hydrogen-bond donors (Lipinski definition) is 2. The van der Waals surface area contributed by atoms with E-state index in [9.17, 15) is 8.78 Å². The monoisotopic (exact) mass is 477 g/mol. The lowest BCUT2D eigenvalue weighted by molar-refractivity contribution is -0.0504. The first-order chi connectivity index (χ1) is 10.8. The number of hydrogen-bond acceptors (Lipinski definition) is 3. The number of guanidine groups is 1. The molecular weight excluding hydrogens is 455 g/mol. The quantitative estimate of drug-likeness (QED) is 0.358. The highest BCUT2D eigenvalue weighted by Crippen LogP contribution is 2.24. The number of ether oxygens (including phenoxy) is 2. The molecule has 5 nitrogen and oxygen atoms in total. The zero-order valence-corrected chi connectivity index (χ0v) is 17.1. The van der Waals surface area contributed by atoms with E-state index in [1.165, 1.54) is 12.1 Å². The Morgan fingerprint density at radius 3 is 2.54 bits per heavy atom. The summed E-state index contributed by atoms with van der Waals surface area (Å²) in [4.78, 5) is 4.07. The molecule has 0 amide bonds. The zero-order valence-electron chi connectivity index (χ0n) is 14.0. The third-order valence-electron chi connectivity index (χ3n) is 3.14. The molecule has 0 aliphatic rings. The van der Waals surface area contributed by atoms with Crippen LogP contribution in [0.5, 0.6) is 5.75 Å². The number of alkyl halides is 2. The summed E-state index contributed by atoms with van der Waals surface area (Å²) in [5.74, 6) is 0.586. The van der Waals surface area contributed by atoms with Crippen LogP contribution in [0.25, 0.3) is 0 Å². The van der Waals surface area contributed by atoms with Gasteiger partial charge in [0.2, 0.25) is 0 Å². The molecule has 24 heavy (non-hydrogen) atoms. The standard InChI is InChI=1S/C15H22ClF2N3O2.HI/c1-15(2,22-4)9-21-14(19-3)20-8-10-7-11(16)5-6-12(10)23-13(17)18;/h5-7,13H,8-9H2,1-4H3,(H2,19,20,21);1H. The maximum Gasteiger partial charge on any atom is 0.387 e. The maximum absolute atomic E-state index is 12.4. The van der Waals surface area contributed by atoms with Gasteiger partial charge < -0.3 is 20.1 Å². The second kappa shape index (κ2) is 10.9. The van der Waals surface area contributed by atoms with Crippen LogP contribution in [0.4, 0.5) is 8.78 Å². The zero-order chi connectivity index (χ0) is 17.5. The van der Waals surface area contributed by atoms with Gasteiger partial charge >= 0.3 is 6.61 Å². The fourth-order valence-corrected chi connectivity index (χ4v) is 1.86. The van der Waals surface area contributed by atoms with Gasteiger partial charge in [0.15, 0.2) is 5.96 Å². The van der Waals surface area contributed by atoms with Gasteiger partial charge in [-0.1, -0.05) is 11.6 Å². The van der Waals surface area contributed by atoms with Crippen molar-refractivity contribution in [2.75, 3.05) is 20.7 Å². The number of nitrogens with zero attached hydrogens (tertiary/aromatic N) is 1. The molecule has 0 spiro atoms. The van der Waals surface area contributed by atoms with Gasteiger partial charge in [-0.05, 0) is 32.0 Å². The summed E-state index contributed by atoms with van der Waals surface area (Å²) in [5.41, 5.74) is 0.143. The molecule has 0 atom stereocenters. The molecule has 1 aromatic rings. The minimum absolute atomic E-state index is 0. The van der Waals surface area contributed by atoms with Crippen LogP contribution in [0.1, 0.15) is 19.4 Å². The smallest absolute Gasteiger partial charge is 0.387 e. The minimum Gasteiger partial charge on any atom is -0.434 e. The molecule has 0 bridgehead atoms. The van der Waals surface area contributed by atoms with Gasteiger partial charge in [-0.25, -0.2) is 0 Å². The number of rotatable bonds is 7. The first kappa shape index (κ1) is 23.1. The van der Waals surface area contributed by atoms with Gasteiger partial charge in [0.25, 0.3) is 0 Å². The van der Waals surface area contributed by atoms with Crippen molar-refractivity contribution < 1.29 is 18.3 Å².